The number of aryl methyl sites for hydroxylation is 1. The topological polar surface area (TPSA) is 78.8 Å². The number of aromatic nitrogens is 4. The first-order chi connectivity index (χ1) is 12.6. The molecule has 9 heteroatoms. The summed E-state index contributed by atoms with van der Waals surface area (Å²) in [7, 11) is 0. The van der Waals surface area contributed by atoms with Gasteiger partial charge in [0.1, 0.15) is 11.6 Å². The third-order valence-corrected chi connectivity index (χ3v) is 5.96. The van der Waals surface area contributed by atoms with Gasteiger partial charge in [0.15, 0.2) is 17.0 Å². The highest BCUT2D eigenvalue weighted by Gasteiger charge is 2.20. The quantitative estimate of drug-likeness (QED) is 0.310. The van der Waals surface area contributed by atoms with Crippen molar-refractivity contribution in [2.24, 2.45) is 0 Å². The second kappa shape index (κ2) is 7.26. The summed E-state index contributed by atoms with van der Waals surface area (Å²) < 4.78 is 22.5. The Hall–Kier alpha value is -1.49. The lowest BCUT2D eigenvalue weighted by Crippen LogP contribution is -2.08. The molecule has 0 amide bonds. The van der Waals surface area contributed by atoms with Crippen LogP contribution in [0.4, 0.5) is 10.2 Å². The van der Waals surface area contributed by atoms with Crippen LogP contribution in [0.3, 0.4) is 0 Å². The first-order valence-corrected chi connectivity index (χ1v) is 10.4. The largest absolute Gasteiger partial charge is 0.493 e. The zero-order chi connectivity index (χ0) is 18.3. The molecule has 0 atom stereocenters. The van der Waals surface area contributed by atoms with Crippen LogP contribution in [0.2, 0.25) is 0 Å². The lowest BCUT2D eigenvalue weighted by atomic mass is 10.1. The van der Waals surface area contributed by atoms with E-state index in [9.17, 15) is 4.39 Å². The van der Waals surface area contributed by atoms with Gasteiger partial charge in [-0.05, 0) is 52.3 Å². The van der Waals surface area contributed by atoms with Crippen molar-refractivity contribution in [3.05, 3.63) is 38.7 Å². The average Bonchev–Trinajstić information content (AvgIpc) is 3.18. The third kappa shape index (κ3) is 3.26. The third-order valence-electron chi connectivity index (χ3n) is 4.40. The molecule has 0 bridgehead atoms. The second-order valence-corrected chi connectivity index (χ2v) is 8.05. The first-order valence-electron chi connectivity index (χ1n) is 8.25. The molecule has 3 aromatic rings. The Balaban J connectivity index is 1.79. The zero-order valence-corrected chi connectivity index (χ0v) is 17.5. The van der Waals surface area contributed by atoms with Crippen LogP contribution < -0.4 is 10.5 Å². The molecular formula is C17H16BrFIN5O. The fourth-order valence-corrected chi connectivity index (χ4v) is 4.14. The Labute approximate surface area is 171 Å². The molecule has 0 aliphatic carbocycles. The van der Waals surface area contributed by atoms with Crippen LogP contribution in [0.1, 0.15) is 23.4 Å². The van der Waals surface area contributed by atoms with Crippen LogP contribution >= 0.6 is 38.5 Å². The van der Waals surface area contributed by atoms with Gasteiger partial charge in [0.05, 0.1) is 6.61 Å². The van der Waals surface area contributed by atoms with Gasteiger partial charge < -0.3 is 15.0 Å². The predicted octanol–water partition coefficient (Wildman–Crippen LogP) is 3.46. The number of hydrogen-bond donors (Lipinski definition) is 1. The summed E-state index contributed by atoms with van der Waals surface area (Å²) >= 11 is 5.78. The minimum Gasteiger partial charge on any atom is -0.493 e. The molecule has 0 saturated heterocycles. The molecule has 0 spiro atoms. The number of benzene rings is 1. The van der Waals surface area contributed by atoms with E-state index in [0.717, 1.165) is 45.5 Å². The van der Waals surface area contributed by atoms with Gasteiger partial charge in [0.25, 0.3) is 0 Å². The van der Waals surface area contributed by atoms with Gasteiger partial charge in [-0.15, -0.1) is 0 Å². The second-order valence-electron chi connectivity index (χ2n) is 6.10. The monoisotopic (exact) mass is 531 g/mol. The van der Waals surface area contributed by atoms with Crippen molar-refractivity contribution in [1.29, 1.82) is 0 Å². The number of hydrogen-bond acceptors (Lipinski definition) is 5. The summed E-state index contributed by atoms with van der Waals surface area (Å²) in [6.45, 7) is 1.40. The number of alkyl halides is 1. The number of anilines is 1. The van der Waals surface area contributed by atoms with Gasteiger partial charge in [-0.25, -0.2) is 4.98 Å². The molecule has 0 unspecified atom stereocenters. The minimum atomic E-state index is -0.831. The molecule has 2 aromatic heterocycles. The fraction of sp³-hybridized carbons (Fsp3) is 0.353. The summed E-state index contributed by atoms with van der Waals surface area (Å²) in [6, 6.07) is 4.24. The number of ether oxygens (including phenoxy) is 1. The van der Waals surface area contributed by atoms with Crippen LogP contribution in [-0.2, 0) is 19.4 Å². The number of halogens is 3. The summed E-state index contributed by atoms with van der Waals surface area (Å²) in [4.78, 5) is 12.2. The van der Waals surface area contributed by atoms with Gasteiger partial charge in [-0.1, -0.05) is 15.9 Å². The lowest BCUT2D eigenvalue weighted by Gasteiger charge is -2.10. The molecular weight excluding hydrogens is 516 g/mol. The van der Waals surface area contributed by atoms with E-state index < -0.39 is 6.08 Å². The number of imidazole rings is 1. The van der Waals surface area contributed by atoms with E-state index in [0.29, 0.717) is 24.1 Å². The highest BCUT2D eigenvalue weighted by molar-refractivity contribution is 14.1. The number of nitrogens with zero attached hydrogens (tertiary/aromatic N) is 4. The first kappa shape index (κ1) is 17.9. The van der Waals surface area contributed by atoms with E-state index in [1.165, 1.54) is 5.56 Å². The Bertz CT molecular complexity index is 993. The van der Waals surface area contributed by atoms with E-state index in [1.807, 2.05) is 4.57 Å². The molecule has 0 radical (unpaired) electrons. The van der Waals surface area contributed by atoms with Gasteiger partial charge in [-0.3, -0.25) is 0 Å². The van der Waals surface area contributed by atoms with E-state index in [4.69, 9.17) is 10.5 Å². The summed E-state index contributed by atoms with van der Waals surface area (Å²) in [6.07, 6.45) is 1.58. The zero-order valence-electron chi connectivity index (χ0n) is 13.8. The fourth-order valence-electron chi connectivity index (χ4n) is 3.17. The molecule has 1 aliphatic heterocycles. The average molecular weight is 532 g/mol. The SMILES string of the molecule is Nc1nc(F)nc2c1nc(Cc1cc3c(cc1I)CCO3)n2CCCBr. The standard InChI is InChI=1S/C17H16BrFIN5O/c18-3-1-4-25-13(22-14-15(21)23-17(19)24-16(14)25)8-10-7-12-9(2-5-26-12)6-11(10)20/h6-7H,1-5,8H2,(H2,21,23,24). The van der Waals surface area contributed by atoms with Crippen LogP contribution in [-0.4, -0.2) is 31.5 Å². The van der Waals surface area contributed by atoms with Crippen LogP contribution in [0.25, 0.3) is 11.2 Å². The number of rotatable bonds is 5. The number of fused-ring (bicyclic) bond motifs is 2. The van der Waals surface area contributed by atoms with Crippen LogP contribution in [0.5, 0.6) is 5.75 Å². The van der Waals surface area contributed by atoms with Gasteiger partial charge in [0, 0.05) is 28.3 Å². The van der Waals surface area contributed by atoms with Crippen molar-refractivity contribution in [3.63, 3.8) is 0 Å². The normalized spacial score (nSPS) is 13.2. The van der Waals surface area contributed by atoms with E-state index in [2.05, 4.69) is 65.6 Å². The lowest BCUT2D eigenvalue weighted by molar-refractivity contribution is 0.356. The van der Waals surface area contributed by atoms with Crippen LogP contribution in [0, 0.1) is 9.65 Å². The summed E-state index contributed by atoms with van der Waals surface area (Å²) in [5, 5.41) is 0.833. The molecule has 2 N–H and O–H groups in total. The van der Waals surface area contributed by atoms with E-state index in [1.54, 1.807) is 0 Å². The van der Waals surface area contributed by atoms with Gasteiger partial charge in [-0.2, -0.15) is 14.4 Å². The summed E-state index contributed by atoms with van der Waals surface area (Å²) in [5.74, 6) is 1.80. The van der Waals surface area contributed by atoms with Crippen molar-refractivity contribution in [1.82, 2.24) is 19.5 Å². The Kier molecular flexibility index (Phi) is 5.00. The molecule has 1 aliphatic rings. The maximum Gasteiger partial charge on any atom is 0.312 e. The number of nitrogen functional groups attached to an aromatic ring is 1. The van der Waals surface area contributed by atoms with Crippen molar-refractivity contribution in [3.8, 4) is 5.75 Å². The molecule has 0 fully saturated rings. The molecule has 4 rings (SSSR count). The summed E-state index contributed by atoms with van der Waals surface area (Å²) in [5.41, 5.74) is 9.12. The van der Waals surface area contributed by atoms with Crippen molar-refractivity contribution in [2.75, 3.05) is 17.7 Å². The highest BCUT2D eigenvalue weighted by atomic mass is 127. The smallest absolute Gasteiger partial charge is 0.312 e. The highest BCUT2D eigenvalue weighted by Crippen LogP contribution is 2.31. The van der Waals surface area contributed by atoms with Gasteiger partial charge >= 0.3 is 6.08 Å². The maximum atomic E-state index is 13.7. The van der Waals surface area contributed by atoms with Crippen molar-refractivity contribution in [2.45, 2.75) is 25.8 Å². The van der Waals surface area contributed by atoms with Crippen molar-refractivity contribution >= 4 is 55.5 Å². The van der Waals surface area contributed by atoms with E-state index in [-0.39, 0.29) is 5.82 Å². The number of nitrogens with two attached hydrogens (primary N) is 1. The minimum absolute atomic E-state index is 0.0679. The Morgan fingerprint density at radius 1 is 1.31 bits per heavy atom. The molecule has 3 heterocycles. The maximum absolute atomic E-state index is 13.7. The molecule has 0 saturated carbocycles. The molecule has 26 heavy (non-hydrogen) atoms. The Morgan fingerprint density at radius 2 is 2.15 bits per heavy atom. The van der Waals surface area contributed by atoms with Crippen LogP contribution in [0.15, 0.2) is 12.1 Å². The van der Waals surface area contributed by atoms with Crippen molar-refractivity contribution < 1.29 is 9.13 Å². The molecule has 136 valence electrons. The molecule has 6 nitrogen and oxygen atoms in total. The van der Waals surface area contributed by atoms with E-state index >= 15 is 0 Å². The van der Waals surface area contributed by atoms with Gasteiger partial charge in [0.2, 0.25) is 0 Å². The molecule has 1 aromatic carbocycles. The predicted molar refractivity (Wildman–Crippen MR) is 109 cm³/mol. The Morgan fingerprint density at radius 3 is 2.96 bits per heavy atom.